The molecule has 6 heteroatoms. The van der Waals surface area contributed by atoms with Gasteiger partial charge < -0.3 is 9.63 Å². The topological polar surface area (TPSA) is 76.2 Å². The van der Waals surface area contributed by atoms with Gasteiger partial charge in [-0.15, -0.1) is 0 Å². The van der Waals surface area contributed by atoms with Gasteiger partial charge in [-0.25, -0.2) is 0 Å². The highest BCUT2D eigenvalue weighted by molar-refractivity contribution is 7.98. The first-order valence-corrected chi connectivity index (χ1v) is 7.65. The number of thioether (sulfide) groups is 1. The van der Waals surface area contributed by atoms with Crippen LogP contribution in [0.25, 0.3) is 0 Å². The van der Waals surface area contributed by atoms with Gasteiger partial charge in [0.25, 0.3) is 0 Å². The summed E-state index contributed by atoms with van der Waals surface area (Å²) in [6, 6.07) is 0. The number of carboxylic acid groups (broad SMARTS) is 1. The molecule has 0 fully saturated rings. The third-order valence-corrected chi connectivity index (χ3v) is 4.29. The molecular formula is C13H18N2O3S. The van der Waals surface area contributed by atoms with Crippen molar-refractivity contribution in [2.45, 2.75) is 37.9 Å². The Hall–Kier alpha value is -1.30. The molecule has 0 radical (unpaired) electrons. The maximum atomic E-state index is 11.2. The summed E-state index contributed by atoms with van der Waals surface area (Å²) in [6.07, 6.45) is 6.19. The lowest BCUT2D eigenvalue weighted by molar-refractivity contribution is -0.142. The van der Waals surface area contributed by atoms with Gasteiger partial charge in [0.05, 0.1) is 17.6 Å². The van der Waals surface area contributed by atoms with Gasteiger partial charge in [-0.2, -0.15) is 16.7 Å². The normalized spacial score (nSPS) is 22.6. The summed E-state index contributed by atoms with van der Waals surface area (Å²) in [5.41, 5.74) is 0. The number of aliphatic carboxylic acids is 1. The quantitative estimate of drug-likeness (QED) is 0.638. The summed E-state index contributed by atoms with van der Waals surface area (Å²) in [7, 11) is 0. The average molecular weight is 282 g/mol. The lowest BCUT2D eigenvalue weighted by Gasteiger charge is -2.21. The van der Waals surface area contributed by atoms with Crippen LogP contribution in [0.2, 0.25) is 0 Å². The van der Waals surface area contributed by atoms with Gasteiger partial charge in [0.15, 0.2) is 5.82 Å². The number of carbonyl (C=O) groups is 1. The van der Waals surface area contributed by atoms with E-state index in [1.54, 1.807) is 11.8 Å². The first-order valence-electron chi connectivity index (χ1n) is 6.50. The highest BCUT2D eigenvalue weighted by Crippen LogP contribution is 2.34. The molecule has 2 atom stereocenters. The predicted molar refractivity (Wildman–Crippen MR) is 73.0 cm³/mol. The Morgan fingerprint density at radius 2 is 2.32 bits per heavy atom. The van der Waals surface area contributed by atoms with Crippen molar-refractivity contribution in [3.63, 3.8) is 0 Å². The summed E-state index contributed by atoms with van der Waals surface area (Å²) in [5.74, 6) is 1.46. The molecule has 2 unspecified atom stereocenters. The summed E-state index contributed by atoms with van der Waals surface area (Å²) in [6.45, 7) is 2.13. The van der Waals surface area contributed by atoms with Crippen LogP contribution < -0.4 is 0 Å². The third-order valence-electron chi connectivity index (χ3n) is 3.13. The van der Waals surface area contributed by atoms with Gasteiger partial charge in [-0.05, 0) is 25.0 Å². The Kier molecular flexibility index (Phi) is 5.01. The van der Waals surface area contributed by atoms with Gasteiger partial charge in [0.1, 0.15) is 0 Å². The molecule has 0 aliphatic heterocycles. The SMILES string of the molecule is CCCSCc1noc(C2CC=CCC2C(=O)O)n1. The van der Waals surface area contributed by atoms with Crippen molar-refractivity contribution >= 4 is 17.7 Å². The second kappa shape index (κ2) is 6.75. The second-order valence-electron chi connectivity index (χ2n) is 4.60. The number of allylic oxidation sites excluding steroid dienone is 2. The van der Waals surface area contributed by atoms with Crippen molar-refractivity contribution in [3.05, 3.63) is 23.9 Å². The zero-order valence-corrected chi connectivity index (χ0v) is 11.7. The fraction of sp³-hybridized carbons (Fsp3) is 0.615. The van der Waals surface area contributed by atoms with Crippen LogP contribution >= 0.6 is 11.8 Å². The fourth-order valence-corrected chi connectivity index (χ4v) is 2.88. The molecule has 0 saturated heterocycles. The molecule has 1 heterocycles. The summed E-state index contributed by atoms with van der Waals surface area (Å²) in [5, 5.41) is 13.2. The van der Waals surface area contributed by atoms with Crippen molar-refractivity contribution in [1.82, 2.24) is 10.1 Å². The number of hydrogen-bond acceptors (Lipinski definition) is 5. The number of carboxylic acids is 1. The number of aromatic nitrogens is 2. The van der Waals surface area contributed by atoms with Gasteiger partial charge in [0.2, 0.25) is 5.89 Å². The van der Waals surface area contributed by atoms with Gasteiger partial charge in [-0.3, -0.25) is 4.79 Å². The van der Waals surface area contributed by atoms with E-state index >= 15 is 0 Å². The number of rotatable bonds is 6. The largest absolute Gasteiger partial charge is 0.481 e. The molecular weight excluding hydrogens is 264 g/mol. The molecule has 1 aromatic rings. The lowest BCUT2D eigenvalue weighted by Crippen LogP contribution is -2.23. The molecule has 104 valence electrons. The molecule has 1 aliphatic rings. The van der Waals surface area contributed by atoms with Gasteiger partial charge in [0, 0.05) is 0 Å². The predicted octanol–water partition coefficient (Wildman–Crippen LogP) is 2.85. The maximum absolute atomic E-state index is 11.2. The van der Waals surface area contributed by atoms with E-state index in [1.165, 1.54) is 0 Å². The Labute approximate surface area is 116 Å². The van der Waals surface area contributed by atoms with E-state index in [0.717, 1.165) is 17.9 Å². The van der Waals surface area contributed by atoms with E-state index in [2.05, 4.69) is 17.1 Å². The fourth-order valence-electron chi connectivity index (χ4n) is 2.14. The van der Waals surface area contributed by atoms with Crippen molar-refractivity contribution in [2.24, 2.45) is 5.92 Å². The molecule has 1 aromatic heterocycles. The number of nitrogens with zero attached hydrogens (tertiary/aromatic N) is 2. The Morgan fingerprint density at radius 1 is 1.53 bits per heavy atom. The minimum absolute atomic E-state index is 0.195. The zero-order valence-electron chi connectivity index (χ0n) is 10.9. The average Bonchev–Trinajstić information content (AvgIpc) is 2.88. The smallest absolute Gasteiger partial charge is 0.307 e. The lowest BCUT2D eigenvalue weighted by atomic mass is 9.83. The molecule has 0 saturated carbocycles. The molecule has 2 rings (SSSR count). The Balaban J connectivity index is 2.04. The van der Waals surface area contributed by atoms with Gasteiger partial charge in [-0.1, -0.05) is 24.2 Å². The molecule has 5 nitrogen and oxygen atoms in total. The summed E-state index contributed by atoms with van der Waals surface area (Å²) < 4.78 is 5.24. The maximum Gasteiger partial charge on any atom is 0.307 e. The third kappa shape index (κ3) is 3.59. The molecule has 0 bridgehead atoms. The monoisotopic (exact) mass is 282 g/mol. The van der Waals surface area contributed by atoms with E-state index in [4.69, 9.17) is 4.52 Å². The van der Waals surface area contributed by atoms with Crippen molar-refractivity contribution in [3.8, 4) is 0 Å². The molecule has 19 heavy (non-hydrogen) atoms. The van der Waals surface area contributed by atoms with E-state index in [-0.39, 0.29) is 5.92 Å². The zero-order chi connectivity index (χ0) is 13.7. The van der Waals surface area contributed by atoms with E-state index < -0.39 is 11.9 Å². The molecule has 0 spiro atoms. The van der Waals surface area contributed by atoms with Crippen LogP contribution in [0, 0.1) is 5.92 Å². The van der Waals surface area contributed by atoms with Crippen LogP contribution in [0.1, 0.15) is 43.8 Å². The Bertz CT molecular complexity index is 458. The standard InChI is InChI=1S/C13H18N2O3S/c1-2-7-19-8-11-14-12(18-15-11)9-5-3-4-6-10(9)13(16)17/h3-4,9-10H,2,5-8H2,1H3,(H,16,17). The minimum Gasteiger partial charge on any atom is -0.481 e. The molecule has 0 amide bonds. The molecule has 1 N–H and O–H groups in total. The van der Waals surface area contributed by atoms with Crippen LogP contribution in [-0.4, -0.2) is 27.0 Å². The van der Waals surface area contributed by atoms with E-state index in [0.29, 0.717) is 24.6 Å². The minimum atomic E-state index is -0.797. The highest BCUT2D eigenvalue weighted by atomic mass is 32.2. The number of hydrogen-bond donors (Lipinski definition) is 1. The van der Waals surface area contributed by atoms with Crippen molar-refractivity contribution < 1.29 is 14.4 Å². The van der Waals surface area contributed by atoms with E-state index in [1.807, 2.05) is 12.2 Å². The van der Waals surface area contributed by atoms with Crippen LogP contribution in [0.3, 0.4) is 0 Å². The Morgan fingerprint density at radius 3 is 3.05 bits per heavy atom. The van der Waals surface area contributed by atoms with Crippen LogP contribution in [0.4, 0.5) is 0 Å². The first-order chi connectivity index (χ1) is 9.22. The molecule has 0 aromatic carbocycles. The van der Waals surface area contributed by atoms with Crippen molar-refractivity contribution in [2.75, 3.05) is 5.75 Å². The van der Waals surface area contributed by atoms with Crippen molar-refractivity contribution in [1.29, 1.82) is 0 Å². The second-order valence-corrected chi connectivity index (χ2v) is 5.70. The van der Waals surface area contributed by atoms with Crippen LogP contribution in [0.15, 0.2) is 16.7 Å². The first kappa shape index (κ1) is 14.1. The van der Waals surface area contributed by atoms with Crippen LogP contribution in [-0.2, 0) is 10.5 Å². The highest BCUT2D eigenvalue weighted by Gasteiger charge is 2.33. The summed E-state index contributed by atoms with van der Waals surface area (Å²) in [4.78, 5) is 15.6. The van der Waals surface area contributed by atoms with Crippen LogP contribution in [0.5, 0.6) is 0 Å². The molecule has 1 aliphatic carbocycles. The van der Waals surface area contributed by atoms with E-state index in [9.17, 15) is 9.90 Å². The summed E-state index contributed by atoms with van der Waals surface area (Å²) >= 11 is 1.76. The van der Waals surface area contributed by atoms with Gasteiger partial charge >= 0.3 is 5.97 Å².